The molecule has 0 aliphatic carbocycles. The zero-order chi connectivity index (χ0) is 19.8. The fourth-order valence-electron chi connectivity index (χ4n) is 3.68. The summed E-state index contributed by atoms with van der Waals surface area (Å²) in [6.07, 6.45) is 1.67. The maximum atomic E-state index is 13.3. The number of carbonyl (C=O) groups excluding carboxylic acids is 1. The number of nitrogens with zero attached hydrogens (tertiary/aromatic N) is 2. The van der Waals surface area contributed by atoms with Crippen molar-refractivity contribution < 1.29 is 4.79 Å². The van der Waals surface area contributed by atoms with Crippen molar-refractivity contribution in [2.24, 2.45) is 0 Å². The first-order valence-electron chi connectivity index (χ1n) is 9.37. The van der Waals surface area contributed by atoms with E-state index < -0.39 is 0 Å². The number of carbonyl (C=O) groups is 1. The van der Waals surface area contributed by atoms with Crippen LogP contribution in [-0.4, -0.2) is 15.9 Å². The summed E-state index contributed by atoms with van der Waals surface area (Å²) in [5.41, 5.74) is 3.65. The summed E-state index contributed by atoms with van der Waals surface area (Å²) >= 11 is 0. The first kappa shape index (κ1) is 17.1. The number of nitrogens with one attached hydrogen (secondary N) is 1. The van der Waals surface area contributed by atoms with Crippen LogP contribution >= 0.6 is 0 Å². The van der Waals surface area contributed by atoms with Gasteiger partial charge in [-0.15, -0.1) is 0 Å². The molecule has 0 saturated heterocycles. The summed E-state index contributed by atoms with van der Waals surface area (Å²) in [5.74, 6) is 0.263. The topological polar surface area (TPSA) is 66.1 Å². The highest BCUT2D eigenvalue weighted by Gasteiger charge is 2.32. The van der Waals surface area contributed by atoms with Gasteiger partial charge in [0.2, 0.25) is 0 Å². The number of rotatable bonds is 3. The van der Waals surface area contributed by atoms with E-state index in [4.69, 9.17) is 0 Å². The summed E-state index contributed by atoms with van der Waals surface area (Å²) in [7, 11) is 0. The van der Waals surface area contributed by atoms with Gasteiger partial charge in [0.1, 0.15) is 5.82 Å². The molecule has 1 aromatic heterocycles. The van der Waals surface area contributed by atoms with Crippen molar-refractivity contribution in [1.29, 1.82) is 0 Å². The summed E-state index contributed by atoms with van der Waals surface area (Å²) in [4.78, 5) is 34.7. The number of hydrogen-bond donors (Lipinski definition) is 1. The maximum absolute atomic E-state index is 13.3. The monoisotopic (exact) mass is 379 g/mol. The Morgan fingerprint density at radius 2 is 1.59 bits per heavy atom. The molecule has 140 valence electrons. The van der Waals surface area contributed by atoms with Gasteiger partial charge in [-0.2, -0.15) is 0 Å². The summed E-state index contributed by atoms with van der Waals surface area (Å²) < 4.78 is 0. The minimum Gasteiger partial charge on any atom is -0.306 e. The van der Waals surface area contributed by atoms with E-state index in [-0.39, 0.29) is 11.5 Å². The predicted molar refractivity (Wildman–Crippen MR) is 114 cm³/mol. The zero-order valence-electron chi connectivity index (χ0n) is 15.5. The predicted octanol–water partition coefficient (Wildman–Crippen LogP) is 4.01. The number of hydrogen-bond acceptors (Lipinski definition) is 3. The van der Waals surface area contributed by atoms with Gasteiger partial charge < -0.3 is 9.88 Å². The van der Waals surface area contributed by atoms with Crippen LogP contribution in [0.3, 0.4) is 0 Å². The number of aromatic amines is 1. The molecule has 1 aliphatic rings. The van der Waals surface area contributed by atoms with Gasteiger partial charge in [-0.1, -0.05) is 60.7 Å². The Balaban J connectivity index is 1.60. The molecular weight excluding hydrogens is 362 g/mol. The third-order valence-electron chi connectivity index (χ3n) is 5.06. The van der Waals surface area contributed by atoms with Gasteiger partial charge in [0.15, 0.2) is 0 Å². The van der Waals surface area contributed by atoms with E-state index in [0.29, 0.717) is 28.8 Å². The van der Waals surface area contributed by atoms with Gasteiger partial charge in [-0.3, -0.25) is 9.59 Å². The van der Waals surface area contributed by atoms with Gasteiger partial charge >= 0.3 is 0 Å². The molecule has 0 spiro atoms. The fraction of sp³-hybridized carbons (Fsp3) is 0.0417. The first-order chi connectivity index (χ1) is 14.2. The Hall–Kier alpha value is -3.99. The number of amides is 1. The van der Waals surface area contributed by atoms with E-state index in [0.717, 1.165) is 16.8 Å². The van der Waals surface area contributed by atoms with E-state index in [2.05, 4.69) is 9.97 Å². The van der Waals surface area contributed by atoms with Gasteiger partial charge in [0, 0.05) is 5.56 Å². The molecule has 0 unspecified atom stereocenters. The number of aromatic nitrogens is 2. The van der Waals surface area contributed by atoms with E-state index >= 15 is 0 Å². The molecule has 29 heavy (non-hydrogen) atoms. The molecule has 0 fully saturated rings. The third kappa shape index (κ3) is 3.02. The molecule has 0 bridgehead atoms. The molecule has 3 aromatic carbocycles. The summed E-state index contributed by atoms with van der Waals surface area (Å²) in [5, 5.41) is 0.526. The molecule has 1 aliphatic heterocycles. The van der Waals surface area contributed by atoms with Crippen LogP contribution in [0.1, 0.15) is 17.0 Å². The van der Waals surface area contributed by atoms with Gasteiger partial charge in [0.05, 0.1) is 28.7 Å². The molecule has 0 atom stereocenters. The molecule has 5 heteroatoms. The maximum Gasteiger partial charge on any atom is 0.259 e. The zero-order valence-corrected chi connectivity index (χ0v) is 15.5. The summed E-state index contributed by atoms with van der Waals surface area (Å²) in [6.45, 7) is 0.482. The van der Waals surface area contributed by atoms with Gasteiger partial charge in [-0.25, -0.2) is 4.98 Å². The van der Waals surface area contributed by atoms with Crippen LogP contribution in [0.2, 0.25) is 0 Å². The number of fused-ring (bicyclic) bond motifs is 2. The normalized spacial score (nSPS) is 14.6. The van der Waals surface area contributed by atoms with E-state index in [9.17, 15) is 9.59 Å². The summed E-state index contributed by atoms with van der Waals surface area (Å²) in [6, 6.07) is 24.7. The van der Waals surface area contributed by atoms with Gasteiger partial charge in [-0.05, 0) is 29.8 Å². The SMILES string of the molecule is O=C1/C(=C/c2nc3ccccc3c(=O)[nH]2)c2ccccc2N1Cc1ccccc1. The van der Waals surface area contributed by atoms with Crippen LogP contribution < -0.4 is 10.5 Å². The highest BCUT2D eigenvalue weighted by atomic mass is 16.2. The van der Waals surface area contributed by atoms with Crippen LogP contribution in [0.25, 0.3) is 22.6 Å². The van der Waals surface area contributed by atoms with Crippen molar-refractivity contribution in [3.63, 3.8) is 0 Å². The van der Waals surface area contributed by atoms with Crippen molar-refractivity contribution in [3.8, 4) is 0 Å². The largest absolute Gasteiger partial charge is 0.306 e. The van der Waals surface area contributed by atoms with Crippen molar-refractivity contribution in [2.75, 3.05) is 4.90 Å². The first-order valence-corrected chi connectivity index (χ1v) is 9.37. The second-order valence-electron chi connectivity index (χ2n) is 6.92. The van der Waals surface area contributed by atoms with E-state index in [1.165, 1.54) is 0 Å². The molecule has 1 N–H and O–H groups in total. The highest BCUT2D eigenvalue weighted by Crippen LogP contribution is 2.38. The Morgan fingerprint density at radius 1 is 0.862 bits per heavy atom. The molecule has 4 aromatic rings. The van der Waals surface area contributed by atoms with Crippen LogP contribution in [0, 0.1) is 0 Å². The molecule has 5 nitrogen and oxygen atoms in total. The van der Waals surface area contributed by atoms with Gasteiger partial charge in [0.25, 0.3) is 11.5 Å². The number of benzene rings is 3. The second kappa shape index (κ2) is 6.87. The van der Waals surface area contributed by atoms with Crippen molar-refractivity contribution in [2.45, 2.75) is 6.54 Å². The Bertz CT molecular complexity index is 1320. The smallest absolute Gasteiger partial charge is 0.259 e. The van der Waals surface area contributed by atoms with Crippen molar-refractivity contribution >= 4 is 34.1 Å². The Kier molecular flexibility index (Phi) is 4.06. The fourth-order valence-corrected chi connectivity index (χ4v) is 3.68. The third-order valence-corrected chi connectivity index (χ3v) is 5.06. The molecule has 0 radical (unpaired) electrons. The second-order valence-corrected chi connectivity index (χ2v) is 6.92. The van der Waals surface area contributed by atoms with Crippen molar-refractivity contribution in [1.82, 2.24) is 9.97 Å². The lowest BCUT2D eigenvalue weighted by Crippen LogP contribution is -2.25. The molecule has 5 rings (SSSR count). The molecule has 0 saturated carbocycles. The molecular formula is C24H17N3O2. The average Bonchev–Trinajstić information content (AvgIpc) is 3.01. The minimum absolute atomic E-state index is 0.106. The standard InChI is InChI=1S/C24H17N3O2/c28-23-18-11-4-6-12-20(18)25-22(26-23)14-19-17-10-5-7-13-21(17)27(24(19)29)15-16-8-2-1-3-9-16/h1-14H,15H2,(H,25,26,28)/b19-14+. The number of anilines is 1. The highest BCUT2D eigenvalue weighted by molar-refractivity contribution is 6.35. The number of para-hydroxylation sites is 2. The Labute approximate surface area is 167 Å². The van der Waals surface area contributed by atoms with Crippen molar-refractivity contribution in [3.05, 3.63) is 106 Å². The van der Waals surface area contributed by atoms with Crippen LogP contribution in [0.15, 0.2) is 83.7 Å². The van der Waals surface area contributed by atoms with Crippen LogP contribution in [0.4, 0.5) is 5.69 Å². The van der Waals surface area contributed by atoms with E-state index in [1.54, 1.807) is 29.2 Å². The van der Waals surface area contributed by atoms with Crippen LogP contribution in [-0.2, 0) is 11.3 Å². The Morgan fingerprint density at radius 3 is 2.45 bits per heavy atom. The average molecular weight is 379 g/mol. The molecule has 1 amide bonds. The van der Waals surface area contributed by atoms with E-state index in [1.807, 2.05) is 60.7 Å². The lowest BCUT2D eigenvalue weighted by Gasteiger charge is -2.17. The lowest BCUT2D eigenvalue weighted by atomic mass is 10.1. The lowest BCUT2D eigenvalue weighted by molar-refractivity contribution is -0.113. The quantitative estimate of drug-likeness (QED) is 0.547. The number of H-pyrrole nitrogens is 1. The minimum atomic E-state index is -0.220. The van der Waals surface area contributed by atoms with Crippen LogP contribution in [0.5, 0.6) is 0 Å². The molecule has 2 heterocycles.